The predicted octanol–water partition coefficient (Wildman–Crippen LogP) is 4.51. The molecule has 0 aliphatic carbocycles. The van der Waals surface area contributed by atoms with Crippen LogP contribution < -0.4 is 5.32 Å². The second-order valence-electron chi connectivity index (χ2n) is 6.46. The minimum Gasteiger partial charge on any atom is -0.355 e. The average Bonchev–Trinajstić information content (AvgIpc) is 2.59. The molecule has 0 unspecified atom stereocenters. The van der Waals surface area contributed by atoms with Gasteiger partial charge in [0.15, 0.2) is 5.78 Å². The number of nitrogens with one attached hydrogen (secondary N) is 1. The topological polar surface area (TPSA) is 46.2 Å². The second-order valence-corrected chi connectivity index (χ2v) is 7.37. The minimum absolute atomic E-state index is 0.0139. The Morgan fingerprint density at radius 3 is 2.21 bits per heavy atom. The molecule has 2 rings (SSSR count). The smallest absolute Gasteiger partial charge is 0.220 e. The van der Waals surface area contributed by atoms with Crippen LogP contribution in [-0.2, 0) is 10.2 Å². The lowest BCUT2D eigenvalue weighted by molar-refractivity contribution is -0.121. The molecule has 0 aliphatic rings. The lowest BCUT2D eigenvalue weighted by atomic mass is 9.84. The van der Waals surface area contributed by atoms with Gasteiger partial charge >= 0.3 is 0 Å². The number of amides is 1. The molecule has 0 bridgehead atoms. The number of ketones is 1. The van der Waals surface area contributed by atoms with Gasteiger partial charge in [-0.2, -0.15) is 0 Å². The first-order valence-corrected chi connectivity index (χ1v) is 8.79. The first-order chi connectivity index (χ1) is 11.4. The molecule has 0 saturated carbocycles. The van der Waals surface area contributed by atoms with Gasteiger partial charge in [0.25, 0.3) is 0 Å². The number of Topliss-reactive ketones (excluding diaryl/α,β-unsaturated/α-hetero) is 1. The fourth-order valence-electron chi connectivity index (χ4n) is 2.41. The van der Waals surface area contributed by atoms with E-state index in [1.807, 2.05) is 30.3 Å². The summed E-state index contributed by atoms with van der Waals surface area (Å²) in [5, 5.41) is 2.94. The molecule has 4 heteroatoms. The molecular formula is C20H22BrNO2. The van der Waals surface area contributed by atoms with Crippen molar-refractivity contribution in [3.8, 4) is 0 Å². The molecule has 0 aliphatic heterocycles. The third-order valence-corrected chi connectivity index (χ3v) is 4.56. The van der Waals surface area contributed by atoms with E-state index in [1.165, 1.54) is 5.56 Å². The lowest BCUT2D eigenvalue weighted by Crippen LogP contribution is -2.36. The van der Waals surface area contributed by atoms with Crippen LogP contribution in [0.3, 0.4) is 0 Å². The van der Waals surface area contributed by atoms with Gasteiger partial charge in [0.1, 0.15) is 0 Å². The summed E-state index contributed by atoms with van der Waals surface area (Å²) in [6.45, 7) is 4.73. The maximum atomic E-state index is 12.1. The van der Waals surface area contributed by atoms with Gasteiger partial charge in [0.2, 0.25) is 5.91 Å². The molecule has 0 aromatic heterocycles. The molecular weight excluding hydrogens is 366 g/mol. The Kier molecular flexibility index (Phi) is 6.32. The van der Waals surface area contributed by atoms with Crippen molar-refractivity contribution in [2.75, 3.05) is 6.54 Å². The average molecular weight is 388 g/mol. The zero-order chi connectivity index (χ0) is 17.6. The molecule has 0 atom stereocenters. The maximum Gasteiger partial charge on any atom is 0.220 e. The van der Waals surface area contributed by atoms with Crippen molar-refractivity contribution >= 4 is 27.6 Å². The molecule has 2 aromatic rings. The van der Waals surface area contributed by atoms with E-state index in [2.05, 4.69) is 47.2 Å². The van der Waals surface area contributed by atoms with Crippen LogP contribution in [0.25, 0.3) is 0 Å². The maximum absolute atomic E-state index is 12.1. The highest BCUT2D eigenvalue weighted by atomic mass is 79.9. The zero-order valence-corrected chi connectivity index (χ0v) is 15.6. The molecule has 0 fully saturated rings. The molecule has 3 nitrogen and oxygen atoms in total. The summed E-state index contributed by atoms with van der Waals surface area (Å²) in [6, 6.07) is 17.3. The van der Waals surface area contributed by atoms with Crippen molar-refractivity contribution in [2.24, 2.45) is 0 Å². The van der Waals surface area contributed by atoms with Crippen LogP contribution in [0.5, 0.6) is 0 Å². The molecule has 0 heterocycles. The van der Waals surface area contributed by atoms with Crippen LogP contribution in [-0.4, -0.2) is 18.2 Å². The van der Waals surface area contributed by atoms with Crippen LogP contribution in [0.15, 0.2) is 59.1 Å². The zero-order valence-electron chi connectivity index (χ0n) is 14.0. The number of benzene rings is 2. The summed E-state index contributed by atoms with van der Waals surface area (Å²) in [4.78, 5) is 24.1. The third-order valence-electron chi connectivity index (χ3n) is 4.03. The van der Waals surface area contributed by atoms with Gasteiger partial charge in [0, 0.05) is 34.8 Å². The van der Waals surface area contributed by atoms with Gasteiger partial charge in [-0.25, -0.2) is 0 Å². The highest BCUT2D eigenvalue weighted by Crippen LogP contribution is 2.21. The van der Waals surface area contributed by atoms with E-state index in [9.17, 15) is 9.59 Å². The van der Waals surface area contributed by atoms with Gasteiger partial charge in [-0.05, 0) is 17.7 Å². The van der Waals surface area contributed by atoms with Crippen LogP contribution in [0.2, 0.25) is 0 Å². The van der Waals surface area contributed by atoms with E-state index in [1.54, 1.807) is 12.1 Å². The van der Waals surface area contributed by atoms with Crippen molar-refractivity contribution in [3.05, 3.63) is 70.2 Å². The van der Waals surface area contributed by atoms with Crippen molar-refractivity contribution in [1.29, 1.82) is 0 Å². The van der Waals surface area contributed by atoms with Crippen molar-refractivity contribution in [2.45, 2.75) is 32.1 Å². The van der Waals surface area contributed by atoms with Gasteiger partial charge in [-0.15, -0.1) is 0 Å². The quantitative estimate of drug-likeness (QED) is 0.710. The molecule has 0 radical (unpaired) electrons. The molecule has 0 spiro atoms. The van der Waals surface area contributed by atoms with Crippen LogP contribution >= 0.6 is 15.9 Å². The monoisotopic (exact) mass is 387 g/mol. The lowest BCUT2D eigenvalue weighted by Gasteiger charge is -2.25. The third kappa shape index (κ3) is 5.31. The number of rotatable bonds is 7. The summed E-state index contributed by atoms with van der Waals surface area (Å²) in [5.74, 6) is -0.107. The number of halogens is 1. The van der Waals surface area contributed by atoms with E-state index in [0.717, 1.165) is 4.47 Å². The van der Waals surface area contributed by atoms with E-state index < -0.39 is 0 Å². The summed E-state index contributed by atoms with van der Waals surface area (Å²) >= 11 is 3.34. The number of hydrogen-bond donors (Lipinski definition) is 1. The van der Waals surface area contributed by atoms with Gasteiger partial charge in [-0.1, -0.05) is 72.2 Å². The number of carbonyl (C=O) groups excluding carboxylic acids is 2. The SMILES string of the molecule is CC(C)(CNC(=O)CCC(=O)c1ccc(Br)cc1)c1ccccc1. The van der Waals surface area contributed by atoms with Crippen molar-refractivity contribution in [3.63, 3.8) is 0 Å². The first kappa shape index (κ1) is 18.4. The number of hydrogen-bond acceptors (Lipinski definition) is 2. The normalized spacial score (nSPS) is 11.1. The van der Waals surface area contributed by atoms with E-state index in [-0.39, 0.29) is 29.9 Å². The minimum atomic E-state index is -0.146. The molecule has 2 aromatic carbocycles. The summed E-state index contributed by atoms with van der Waals surface area (Å²) in [7, 11) is 0. The predicted molar refractivity (Wildman–Crippen MR) is 100 cm³/mol. The van der Waals surface area contributed by atoms with Crippen LogP contribution in [0.4, 0.5) is 0 Å². The van der Waals surface area contributed by atoms with Crippen LogP contribution in [0, 0.1) is 0 Å². The Morgan fingerprint density at radius 1 is 0.958 bits per heavy atom. The molecule has 0 saturated heterocycles. The van der Waals surface area contributed by atoms with Gasteiger partial charge < -0.3 is 5.32 Å². The summed E-state index contributed by atoms with van der Waals surface area (Å²) in [5.41, 5.74) is 1.67. The second kappa shape index (κ2) is 8.25. The Morgan fingerprint density at radius 2 is 1.58 bits per heavy atom. The van der Waals surface area contributed by atoms with E-state index in [0.29, 0.717) is 12.1 Å². The Balaban J connectivity index is 1.81. The van der Waals surface area contributed by atoms with Crippen molar-refractivity contribution in [1.82, 2.24) is 5.32 Å². The summed E-state index contributed by atoms with van der Waals surface area (Å²) in [6.07, 6.45) is 0.430. The Hall–Kier alpha value is -1.94. The van der Waals surface area contributed by atoms with E-state index in [4.69, 9.17) is 0 Å². The highest BCUT2D eigenvalue weighted by Gasteiger charge is 2.21. The Bertz CT molecular complexity index is 693. The largest absolute Gasteiger partial charge is 0.355 e. The van der Waals surface area contributed by atoms with Crippen molar-refractivity contribution < 1.29 is 9.59 Å². The Labute approximate surface area is 151 Å². The highest BCUT2D eigenvalue weighted by molar-refractivity contribution is 9.10. The van der Waals surface area contributed by atoms with Crippen LogP contribution in [0.1, 0.15) is 42.6 Å². The van der Waals surface area contributed by atoms with E-state index >= 15 is 0 Å². The number of carbonyl (C=O) groups is 2. The molecule has 126 valence electrons. The standard InChI is InChI=1S/C20H22BrNO2/c1-20(2,16-6-4-3-5-7-16)14-22-19(24)13-12-18(23)15-8-10-17(21)11-9-15/h3-11H,12-14H2,1-2H3,(H,22,24). The fourth-order valence-corrected chi connectivity index (χ4v) is 2.67. The molecule has 24 heavy (non-hydrogen) atoms. The fraction of sp³-hybridized carbons (Fsp3) is 0.300. The molecule has 1 N–H and O–H groups in total. The first-order valence-electron chi connectivity index (χ1n) is 7.99. The molecule has 1 amide bonds. The van der Waals surface area contributed by atoms with Gasteiger partial charge in [-0.3, -0.25) is 9.59 Å². The summed E-state index contributed by atoms with van der Waals surface area (Å²) < 4.78 is 0.930. The van der Waals surface area contributed by atoms with Gasteiger partial charge in [0.05, 0.1) is 0 Å².